The summed E-state index contributed by atoms with van der Waals surface area (Å²) in [5.41, 5.74) is 0.254. The molecule has 0 spiro atoms. The Bertz CT molecular complexity index is 332. The maximum Gasteiger partial charge on any atom is 0.425 e. The molecule has 4 heteroatoms. The predicted octanol–water partition coefficient (Wildman–Crippen LogP) is 3.74. The van der Waals surface area contributed by atoms with Gasteiger partial charge in [0, 0.05) is 0 Å². The molecule has 82 valence electrons. The summed E-state index contributed by atoms with van der Waals surface area (Å²) in [6.07, 6.45) is -0.422. The molecule has 15 heavy (non-hydrogen) atoms. The Morgan fingerprint density at radius 3 is 2.27 bits per heavy atom. The molecule has 1 aromatic rings. The SMILES string of the molecule is CC(C)(C)OC(=O)N(Br)c1ccccc1. The van der Waals surface area contributed by atoms with Crippen LogP contribution in [0.15, 0.2) is 30.3 Å². The first-order valence-electron chi connectivity index (χ1n) is 4.64. The third kappa shape index (κ3) is 3.91. The Morgan fingerprint density at radius 2 is 1.80 bits per heavy atom. The summed E-state index contributed by atoms with van der Waals surface area (Å²) in [6, 6.07) is 9.23. The largest absolute Gasteiger partial charge is 0.443 e. The Morgan fingerprint density at radius 1 is 1.27 bits per heavy atom. The number of nitrogens with zero attached hydrogens (tertiary/aromatic N) is 1. The highest BCUT2D eigenvalue weighted by Crippen LogP contribution is 2.20. The molecule has 1 amide bonds. The van der Waals surface area contributed by atoms with Gasteiger partial charge in [-0.25, -0.2) is 8.72 Å². The molecule has 3 nitrogen and oxygen atoms in total. The van der Waals surface area contributed by atoms with Crippen molar-refractivity contribution in [1.82, 2.24) is 0 Å². The lowest BCUT2D eigenvalue weighted by Crippen LogP contribution is -2.30. The Balaban J connectivity index is 2.70. The average molecular weight is 272 g/mol. The van der Waals surface area contributed by atoms with Crippen molar-refractivity contribution in [2.75, 3.05) is 3.93 Å². The number of ether oxygens (including phenoxy) is 1. The van der Waals surface area contributed by atoms with Crippen LogP contribution >= 0.6 is 16.1 Å². The second-order valence-electron chi connectivity index (χ2n) is 4.10. The monoisotopic (exact) mass is 271 g/mol. The lowest BCUT2D eigenvalue weighted by atomic mass is 10.2. The number of benzene rings is 1. The first kappa shape index (κ1) is 12.0. The molecule has 0 aliphatic heterocycles. The van der Waals surface area contributed by atoms with Gasteiger partial charge in [-0.1, -0.05) is 18.2 Å². The van der Waals surface area contributed by atoms with Crippen LogP contribution in [-0.2, 0) is 4.74 Å². The number of hydrogen-bond donors (Lipinski definition) is 0. The summed E-state index contributed by atoms with van der Waals surface area (Å²) >= 11 is 3.16. The molecule has 0 unspecified atom stereocenters. The maximum atomic E-state index is 11.6. The highest BCUT2D eigenvalue weighted by atomic mass is 79.9. The topological polar surface area (TPSA) is 29.5 Å². The van der Waals surface area contributed by atoms with Gasteiger partial charge in [-0.3, -0.25) is 0 Å². The van der Waals surface area contributed by atoms with Crippen LogP contribution in [0.25, 0.3) is 0 Å². The van der Waals surface area contributed by atoms with E-state index in [1.807, 2.05) is 51.1 Å². The van der Waals surface area contributed by atoms with Gasteiger partial charge in [0.2, 0.25) is 0 Å². The molecule has 0 saturated heterocycles. The van der Waals surface area contributed by atoms with Gasteiger partial charge in [-0.15, -0.1) is 0 Å². The number of carbonyl (C=O) groups excluding carboxylic acids is 1. The second kappa shape index (κ2) is 4.66. The van der Waals surface area contributed by atoms with Crippen LogP contribution in [0.4, 0.5) is 10.5 Å². The van der Waals surface area contributed by atoms with Crippen molar-refractivity contribution in [3.8, 4) is 0 Å². The van der Waals surface area contributed by atoms with Gasteiger partial charge in [0.15, 0.2) is 0 Å². The van der Waals surface area contributed by atoms with Gasteiger partial charge < -0.3 is 4.74 Å². The number of anilines is 1. The van der Waals surface area contributed by atoms with E-state index in [0.29, 0.717) is 0 Å². The fourth-order valence-corrected chi connectivity index (χ4v) is 1.28. The van der Waals surface area contributed by atoms with Crippen molar-refractivity contribution in [2.24, 2.45) is 0 Å². The summed E-state index contributed by atoms with van der Waals surface area (Å²) in [6.45, 7) is 5.49. The van der Waals surface area contributed by atoms with E-state index in [-0.39, 0.29) is 0 Å². The molecule has 0 heterocycles. The molecule has 0 aromatic heterocycles. The van der Waals surface area contributed by atoms with Crippen molar-refractivity contribution in [1.29, 1.82) is 0 Å². The number of carbonyl (C=O) groups is 1. The minimum Gasteiger partial charge on any atom is -0.443 e. The third-order valence-electron chi connectivity index (χ3n) is 1.54. The Labute approximate surface area is 98.4 Å². The van der Waals surface area contributed by atoms with E-state index in [1.165, 1.54) is 3.93 Å². The summed E-state index contributed by atoms with van der Waals surface area (Å²) in [5, 5.41) is 0. The van der Waals surface area contributed by atoms with Crippen molar-refractivity contribution < 1.29 is 9.53 Å². The fourth-order valence-electron chi connectivity index (χ4n) is 0.966. The Kier molecular flexibility index (Phi) is 3.74. The van der Waals surface area contributed by atoms with Crippen LogP contribution in [0, 0.1) is 0 Å². The van der Waals surface area contributed by atoms with Crippen molar-refractivity contribution in [2.45, 2.75) is 26.4 Å². The quantitative estimate of drug-likeness (QED) is 0.729. The third-order valence-corrected chi connectivity index (χ3v) is 2.24. The van der Waals surface area contributed by atoms with Crippen LogP contribution in [0.5, 0.6) is 0 Å². The van der Waals surface area contributed by atoms with Crippen LogP contribution in [0.3, 0.4) is 0 Å². The highest BCUT2D eigenvalue weighted by molar-refractivity contribution is 9.10. The fraction of sp³-hybridized carbons (Fsp3) is 0.364. The minimum atomic E-state index is -0.488. The zero-order valence-electron chi connectivity index (χ0n) is 9.03. The van der Waals surface area contributed by atoms with Gasteiger partial charge in [-0.2, -0.15) is 0 Å². The number of hydrogen-bond acceptors (Lipinski definition) is 2. The van der Waals surface area contributed by atoms with Gasteiger partial charge in [0.25, 0.3) is 0 Å². The van der Waals surface area contributed by atoms with E-state index in [9.17, 15) is 4.79 Å². The number of amides is 1. The molecule has 0 saturated carbocycles. The van der Waals surface area contributed by atoms with Crippen LogP contribution < -0.4 is 3.93 Å². The molecular formula is C11H14BrNO2. The minimum absolute atomic E-state index is 0.422. The van der Waals surface area contributed by atoms with Crippen molar-refractivity contribution in [3.63, 3.8) is 0 Å². The van der Waals surface area contributed by atoms with Gasteiger partial charge in [0.1, 0.15) is 5.60 Å². The molecule has 0 N–H and O–H groups in total. The van der Waals surface area contributed by atoms with E-state index < -0.39 is 11.7 Å². The highest BCUT2D eigenvalue weighted by Gasteiger charge is 2.21. The smallest absolute Gasteiger partial charge is 0.425 e. The molecule has 1 rings (SSSR count). The average Bonchev–Trinajstić information content (AvgIpc) is 2.15. The zero-order chi connectivity index (χ0) is 11.5. The summed E-state index contributed by atoms with van der Waals surface area (Å²) in [7, 11) is 0. The van der Waals surface area contributed by atoms with Crippen LogP contribution in [-0.4, -0.2) is 11.7 Å². The molecule has 0 aliphatic rings. The Hall–Kier alpha value is -1.03. The normalized spacial score (nSPS) is 10.9. The van der Waals surface area contributed by atoms with E-state index in [0.717, 1.165) is 5.69 Å². The van der Waals surface area contributed by atoms with Crippen LogP contribution in [0.1, 0.15) is 20.8 Å². The van der Waals surface area contributed by atoms with E-state index in [2.05, 4.69) is 16.1 Å². The molecule has 0 radical (unpaired) electrons. The maximum absolute atomic E-state index is 11.6. The lowest BCUT2D eigenvalue weighted by molar-refractivity contribution is 0.0614. The van der Waals surface area contributed by atoms with Crippen molar-refractivity contribution in [3.05, 3.63) is 30.3 Å². The van der Waals surface area contributed by atoms with Crippen molar-refractivity contribution >= 4 is 27.9 Å². The predicted molar refractivity (Wildman–Crippen MR) is 64.1 cm³/mol. The first-order valence-corrected chi connectivity index (χ1v) is 5.35. The molecule has 0 bridgehead atoms. The van der Waals surface area contributed by atoms with E-state index in [1.54, 1.807) is 0 Å². The summed E-state index contributed by atoms with van der Waals surface area (Å²) in [4.78, 5) is 11.6. The van der Waals surface area contributed by atoms with E-state index in [4.69, 9.17) is 4.74 Å². The lowest BCUT2D eigenvalue weighted by Gasteiger charge is -2.23. The molecule has 0 atom stereocenters. The molecular weight excluding hydrogens is 258 g/mol. The number of rotatable bonds is 1. The van der Waals surface area contributed by atoms with Crippen LogP contribution in [0.2, 0.25) is 0 Å². The van der Waals surface area contributed by atoms with Gasteiger partial charge in [-0.05, 0) is 32.9 Å². The van der Waals surface area contributed by atoms with E-state index >= 15 is 0 Å². The van der Waals surface area contributed by atoms with Gasteiger partial charge in [0.05, 0.1) is 21.8 Å². The summed E-state index contributed by atoms with van der Waals surface area (Å²) in [5.74, 6) is 0. The zero-order valence-corrected chi connectivity index (χ0v) is 10.6. The second-order valence-corrected chi connectivity index (χ2v) is 4.81. The number of para-hydroxylation sites is 1. The standard InChI is InChI=1S/C11H14BrNO2/c1-11(2,3)15-10(14)13(12)9-7-5-4-6-8-9/h4-8H,1-3H3. The molecule has 0 aliphatic carbocycles. The summed E-state index contributed by atoms with van der Waals surface area (Å²) < 4.78 is 6.50. The molecule has 0 fully saturated rings. The first-order chi connectivity index (χ1) is 6.90. The molecule has 1 aromatic carbocycles. The number of halogens is 1. The van der Waals surface area contributed by atoms with Gasteiger partial charge >= 0.3 is 6.09 Å².